The van der Waals surface area contributed by atoms with E-state index in [2.05, 4.69) is 35.4 Å². The maximum Gasteiger partial charge on any atom is 0.154 e. The molecule has 1 atom stereocenters. The molecule has 1 aliphatic heterocycles. The van der Waals surface area contributed by atoms with Crippen LogP contribution in [-0.2, 0) is 0 Å². The van der Waals surface area contributed by atoms with Crippen LogP contribution in [0.2, 0.25) is 0 Å². The van der Waals surface area contributed by atoms with Gasteiger partial charge in [-0.05, 0) is 42.7 Å². The second-order valence-electron chi connectivity index (χ2n) is 7.17. The number of benzene rings is 1. The van der Waals surface area contributed by atoms with E-state index in [1.54, 1.807) is 12.5 Å². The first-order valence-electron chi connectivity index (χ1n) is 9.84. The van der Waals surface area contributed by atoms with Gasteiger partial charge in [-0.3, -0.25) is 10.1 Å². The molecule has 4 heterocycles. The van der Waals surface area contributed by atoms with Gasteiger partial charge in [0.15, 0.2) is 5.82 Å². The van der Waals surface area contributed by atoms with Gasteiger partial charge in [-0.25, -0.2) is 14.4 Å². The van der Waals surface area contributed by atoms with Gasteiger partial charge < -0.3 is 10.2 Å². The third kappa shape index (κ3) is 3.71. The standard InChI is InChI=1S/C22H20FN7/c23-16-8-6-15(7-9-16)19-5-3-11-30(19)22-13-20(25-14-26-22)27-21-12-18(28-29-21)17-4-1-2-10-24-17/h1-2,4,6-10,12-14,19H,3,5,11H2,(H2,25,26,27,28,29). The van der Waals surface area contributed by atoms with E-state index in [9.17, 15) is 4.39 Å². The smallest absolute Gasteiger partial charge is 0.154 e. The van der Waals surface area contributed by atoms with Crippen LogP contribution in [0.25, 0.3) is 11.4 Å². The molecule has 1 fully saturated rings. The zero-order valence-electron chi connectivity index (χ0n) is 16.2. The molecule has 30 heavy (non-hydrogen) atoms. The van der Waals surface area contributed by atoms with Gasteiger partial charge in [0.1, 0.15) is 23.8 Å². The number of anilines is 3. The maximum atomic E-state index is 13.3. The van der Waals surface area contributed by atoms with Gasteiger partial charge in [0.2, 0.25) is 0 Å². The van der Waals surface area contributed by atoms with Crippen molar-refractivity contribution >= 4 is 17.5 Å². The average molecular weight is 401 g/mol. The van der Waals surface area contributed by atoms with Crippen molar-refractivity contribution in [3.05, 3.63) is 78.5 Å². The number of hydrogen-bond donors (Lipinski definition) is 2. The molecule has 1 aliphatic rings. The molecule has 8 heteroatoms. The number of rotatable bonds is 5. The third-order valence-electron chi connectivity index (χ3n) is 5.23. The summed E-state index contributed by atoms with van der Waals surface area (Å²) in [5.74, 6) is 1.92. The van der Waals surface area contributed by atoms with Gasteiger partial charge in [0, 0.05) is 24.9 Å². The fourth-order valence-corrected chi connectivity index (χ4v) is 3.82. The lowest BCUT2D eigenvalue weighted by atomic mass is 10.0. The summed E-state index contributed by atoms with van der Waals surface area (Å²) in [6, 6.07) is 16.4. The predicted molar refractivity (Wildman–Crippen MR) is 113 cm³/mol. The summed E-state index contributed by atoms with van der Waals surface area (Å²) >= 11 is 0. The number of hydrogen-bond acceptors (Lipinski definition) is 6. The highest BCUT2D eigenvalue weighted by Crippen LogP contribution is 2.35. The van der Waals surface area contributed by atoms with Crippen molar-refractivity contribution < 1.29 is 4.39 Å². The van der Waals surface area contributed by atoms with Gasteiger partial charge in [0.05, 0.1) is 17.4 Å². The molecule has 7 nitrogen and oxygen atoms in total. The molecule has 150 valence electrons. The van der Waals surface area contributed by atoms with Crippen molar-refractivity contribution in [1.29, 1.82) is 0 Å². The summed E-state index contributed by atoms with van der Waals surface area (Å²) in [6.45, 7) is 0.894. The van der Waals surface area contributed by atoms with Crippen LogP contribution in [0.4, 0.5) is 21.8 Å². The minimum Gasteiger partial charge on any atom is -0.349 e. The minimum atomic E-state index is -0.221. The van der Waals surface area contributed by atoms with Crippen LogP contribution in [0, 0.1) is 5.82 Å². The Bertz CT molecular complexity index is 1130. The van der Waals surface area contributed by atoms with Crippen molar-refractivity contribution in [2.45, 2.75) is 18.9 Å². The summed E-state index contributed by atoms with van der Waals surface area (Å²) in [7, 11) is 0. The van der Waals surface area contributed by atoms with Crippen LogP contribution in [-0.4, -0.2) is 31.7 Å². The first kappa shape index (κ1) is 18.2. The fraction of sp³-hybridized carbons (Fsp3) is 0.182. The summed E-state index contributed by atoms with van der Waals surface area (Å²) < 4.78 is 13.3. The lowest BCUT2D eigenvalue weighted by Crippen LogP contribution is -2.23. The molecular formula is C22H20FN7. The predicted octanol–water partition coefficient (Wildman–Crippen LogP) is 4.49. The molecule has 2 N–H and O–H groups in total. The van der Waals surface area contributed by atoms with E-state index in [1.807, 2.05) is 42.5 Å². The summed E-state index contributed by atoms with van der Waals surface area (Å²) in [6.07, 6.45) is 5.35. The number of aromatic amines is 1. The van der Waals surface area contributed by atoms with Crippen molar-refractivity contribution in [2.75, 3.05) is 16.8 Å². The molecule has 4 aromatic rings. The average Bonchev–Trinajstić information content (AvgIpc) is 3.45. The summed E-state index contributed by atoms with van der Waals surface area (Å²) in [5, 5.41) is 10.5. The molecule has 0 bridgehead atoms. The second kappa shape index (κ2) is 7.90. The monoisotopic (exact) mass is 401 g/mol. The molecule has 0 saturated carbocycles. The van der Waals surface area contributed by atoms with Crippen LogP contribution < -0.4 is 10.2 Å². The Morgan fingerprint density at radius 3 is 2.73 bits per heavy atom. The molecule has 3 aromatic heterocycles. The Kier molecular flexibility index (Phi) is 4.80. The Morgan fingerprint density at radius 2 is 1.90 bits per heavy atom. The molecule has 5 rings (SSSR count). The summed E-state index contributed by atoms with van der Waals surface area (Å²) in [5.41, 5.74) is 2.73. The number of pyridine rings is 1. The zero-order chi connectivity index (χ0) is 20.3. The third-order valence-corrected chi connectivity index (χ3v) is 5.23. The van der Waals surface area contributed by atoms with Gasteiger partial charge in [-0.2, -0.15) is 5.10 Å². The number of aromatic nitrogens is 5. The second-order valence-corrected chi connectivity index (χ2v) is 7.17. The van der Waals surface area contributed by atoms with Gasteiger partial charge in [0.25, 0.3) is 0 Å². The minimum absolute atomic E-state index is 0.175. The Labute approximate surface area is 173 Å². The normalized spacial score (nSPS) is 16.0. The molecule has 1 aromatic carbocycles. The van der Waals surface area contributed by atoms with Crippen molar-refractivity contribution in [1.82, 2.24) is 25.1 Å². The molecule has 1 unspecified atom stereocenters. The van der Waals surface area contributed by atoms with Gasteiger partial charge in [-0.15, -0.1) is 0 Å². The van der Waals surface area contributed by atoms with E-state index < -0.39 is 0 Å². The van der Waals surface area contributed by atoms with E-state index >= 15 is 0 Å². The highest BCUT2D eigenvalue weighted by atomic mass is 19.1. The molecule has 0 amide bonds. The largest absolute Gasteiger partial charge is 0.349 e. The van der Waals surface area contributed by atoms with Crippen LogP contribution in [0.3, 0.4) is 0 Å². The van der Waals surface area contributed by atoms with E-state index in [0.717, 1.165) is 42.2 Å². The quantitative estimate of drug-likeness (QED) is 0.513. The molecule has 0 radical (unpaired) electrons. The van der Waals surface area contributed by atoms with Crippen molar-refractivity contribution in [3.8, 4) is 11.4 Å². The Balaban J connectivity index is 1.35. The van der Waals surface area contributed by atoms with Gasteiger partial charge in [-0.1, -0.05) is 18.2 Å². The maximum absolute atomic E-state index is 13.3. The lowest BCUT2D eigenvalue weighted by Gasteiger charge is -2.26. The molecule has 1 saturated heterocycles. The highest BCUT2D eigenvalue weighted by molar-refractivity contribution is 5.63. The number of halogens is 1. The number of nitrogens with one attached hydrogen (secondary N) is 2. The topological polar surface area (TPSA) is 82.6 Å². The Morgan fingerprint density at radius 1 is 1.00 bits per heavy atom. The van der Waals surface area contributed by atoms with Crippen LogP contribution in [0.5, 0.6) is 0 Å². The van der Waals surface area contributed by atoms with Crippen LogP contribution >= 0.6 is 0 Å². The summed E-state index contributed by atoms with van der Waals surface area (Å²) in [4.78, 5) is 15.4. The molecule has 0 aliphatic carbocycles. The lowest BCUT2D eigenvalue weighted by molar-refractivity contribution is 0.624. The van der Waals surface area contributed by atoms with Crippen molar-refractivity contribution in [2.24, 2.45) is 0 Å². The van der Waals surface area contributed by atoms with Gasteiger partial charge >= 0.3 is 0 Å². The van der Waals surface area contributed by atoms with E-state index in [1.165, 1.54) is 12.1 Å². The van der Waals surface area contributed by atoms with E-state index in [-0.39, 0.29) is 11.9 Å². The first-order valence-corrected chi connectivity index (χ1v) is 9.84. The zero-order valence-corrected chi connectivity index (χ0v) is 16.2. The molecular weight excluding hydrogens is 381 g/mol. The SMILES string of the molecule is Fc1ccc(C2CCCN2c2cc(Nc3cc(-c4ccccn4)[nH]n3)ncn2)cc1. The van der Waals surface area contributed by atoms with E-state index in [0.29, 0.717) is 11.6 Å². The first-order chi connectivity index (χ1) is 14.8. The highest BCUT2D eigenvalue weighted by Gasteiger charge is 2.27. The van der Waals surface area contributed by atoms with E-state index in [4.69, 9.17) is 0 Å². The Hall–Kier alpha value is -3.81. The number of H-pyrrole nitrogens is 1. The number of nitrogens with zero attached hydrogens (tertiary/aromatic N) is 5. The van der Waals surface area contributed by atoms with Crippen LogP contribution in [0.1, 0.15) is 24.4 Å². The van der Waals surface area contributed by atoms with Crippen LogP contribution in [0.15, 0.2) is 67.1 Å². The fourth-order valence-electron chi connectivity index (χ4n) is 3.82. The molecule has 0 spiro atoms. The van der Waals surface area contributed by atoms with Crippen molar-refractivity contribution in [3.63, 3.8) is 0 Å².